The lowest BCUT2D eigenvalue weighted by molar-refractivity contribution is -0.153. The molecule has 7 nitrogen and oxygen atoms in total. The fourth-order valence-electron chi connectivity index (χ4n) is 2.53. The summed E-state index contributed by atoms with van der Waals surface area (Å²) in [6.45, 7) is 0. The predicted octanol–water partition coefficient (Wildman–Crippen LogP) is 3.98. The van der Waals surface area contributed by atoms with E-state index >= 15 is 0 Å². The predicted molar refractivity (Wildman–Crippen MR) is 104 cm³/mol. The van der Waals surface area contributed by atoms with Gasteiger partial charge in [-0.2, -0.15) is 26.3 Å². The quantitative estimate of drug-likeness (QED) is 0.421. The molecule has 0 bridgehead atoms. The van der Waals surface area contributed by atoms with E-state index in [0.717, 1.165) is 24.3 Å². The van der Waals surface area contributed by atoms with Crippen LogP contribution < -0.4 is 10.0 Å². The number of benzene rings is 2. The summed E-state index contributed by atoms with van der Waals surface area (Å²) < 4.78 is 105. The number of nitrogens with one attached hydrogen (secondary N) is 2. The number of nitrogens with zero attached hydrogens (tertiary/aromatic N) is 3. The molecule has 2 aromatic carbocycles. The number of alkyl halides is 6. The molecule has 0 radical (unpaired) electrons. The second kappa shape index (κ2) is 8.38. The van der Waals surface area contributed by atoms with Gasteiger partial charge in [-0.1, -0.05) is 18.2 Å². The maximum Gasteiger partial charge on any atom is 0.452 e. The summed E-state index contributed by atoms with van der Waals surface area (Å²) in [7, 11) is -4.28. The standard InChI is InChI=1S/C17H11F6N5O2S2/c18-16(19,20)13-25-26-14(17(21,22)23)28(13)11-6-8-12(9-7-11)32(29,30)27-15(31)24-10-4-2-1-3-5-10/h1-9H,(H2,24,27,31). The van der Waals surface area contributed by atoms with Gasteiger partial charge in [0.25, 0.3) is 10.0 Å². The van der Waals surface area contributed by atoms with Crippen molar-refractivity contribution in [3.8, 4) is 5.69 Å². The first-order valence-electron chi connectivity index (χ1n) is 8.38. The third-order valence-electron chi connectivity index (χ3n) is 3.83. The Morgan fingerprint density at radius 3 is 1.81 bits per heavy atom. The van der Waals surface area contributed by atoms with Crippen LogP contribution in [0, 0.1) is 0 Å². The average Bonchev–Trinajstić information content (AvgIpc) is 3.14. The molecule has 1 aromatic heterocycles. The van der Waals surface area contributed by atoms with Crippen molar-refractivity contribution in [1.82, 2.24) is 19.5 Å². The van der Waals surface area contributed by atoms with Gasteiger partial charge in [0.05, 0.1) is 4.90 Å². The highest BCUT2D eigenvalue weighted by Gasteiger charge is 2.45. The molecule has 0 unspecified atom stereocenters. The van der Waals surface area contributed by atoms with Crippen molar-refractivity contribution in [2.75, 3.05) is 5.32 Å². The first-order valence-corrected chi connectivity index (χ1v) is 10.3. The second-order valence-electron chi connectivity index (χ2n) is 6.10. The SMILES string of the molecule is O=S(=O)(NC(=S)Nc1ccccc1)c1ccc(-n2c(C(F)(F)F)nnc2C(F)(F)F)cc1. The Morgan fingerprint density at radius 1 is 0.844 bits per heavy atom. The molecule has 0 amide bonds. The number of para-hydroxylation sites is 1. The van der Waals surface area contributed by atoms with Crippen molar-refractivity contribution in [2.45, 2.75) is 17.2 Å². The van der Waals surface area contributed by atoms with Crippen LogP contribution in [0.4, 0.5) is 32.0 Å². The molecule has 1 heterocycles. The number of aromatic nitrogens is 3. The molecule has 32 heavy (non-hydrogen) atoms. The van der Waals surface area contributed by atoms with Crippen molar-refractivity contribution in [3.05, 3.63) is 66.2 Å². The second-order valence-corrected chi connectivity index (χ2v) is 8.19. The van der Waals surface area contributed by atoms with Crippen LogP contribution in [0.2, 0.25) is 0 Å². The molecule has 0 saturated heterocycles. The molecule has 0 saturated carbocycles. The van der Waals surface area contributed by atoms with E-state index in [1.807, 2.05) is 4.72 Å². The van der Waals surface area contributed by atoms with E-state index < -0.39 is 44.6 Å². The maximum atomic E-state index is 13.1. The molecule has 0 spiro atoms. The minimum Gasteiger partial charge on any atom is -0.332 e. The summed E-state index contributed by atoms with van der Waals surface area (Å²) in [5.41, 5.74) is -0.152. The van der Waals surface area contributed by atoms with Gasteiger partial charge in [-0.3, -0.25) is 9.29 Å². The van der Waals surface area contributed by atoms with Gasteiger partial charge < -0.3 is 5.32 Å². The first-order chi connectivity index (χ1) is 14.8. The van der Waals surface area contributed by atoms with Gasteiger partial charge in [0.1, 0.15) is 0 Å². The Kier molecular flexibility index (Phi) is 6.15. The molecule has 0 fully saturated rings. The van der Waals surface area contributed by atoms with Crippen molar-refractivity contribution in [1.29, 1.82) is 0 Å². The van der Waals surface area contributed by atoms with Crippen LogP contribution in [0.1, 0.15) is 11.6 Å². The highest BCUT2D eigenvalue weighted by molar-refractivity contribution is 7.92. The van der Waals surface area contributed by atoms with Crippen LogP contribution in [0.3, 0.4) is 0 Å². The lowest BCUT2D eigenvalue weighted by atomic mass is 10.3. The number of sulfonamides is 1. The fraction of sp³-hybridized carbons (Fsp3) is 0.118. The van der Waals surface area contributed by atoms with Crippen molar-refractivity contribution < 1.29 is 34.8 Å². The van der Waals surface area contributed by atoms with Crippen LogP contribution in [0.5, 0.6) is 0 Å². The van der Waals surface area contributed by atoms with E-state index in [4.69, 9.17) is 12.2 Å². The van der Waals surface area contributed by atoms with Gasteiger partial charge in [-0.05, 0) is 48.6 Å². The van der Waals surface area contributed by atoms with Gasteiger partial charge in [0, 0.05) is 11.4 Å². The molecular weight excluding hydrogens is 484 g/mol. The van der Waals surface area contributed by atoms with E-state index in [9.17, 15) is 34.8 Å². The van der Waals surface area contributed by atoms with Gasteiger partial charge in [0.15, 0.2) is 5.11 Å². The van der Waals surface area contributed by atoms with E-state index in [-0.39, 0.29) is 9.68 Å². The molecular formula is C17H11F6N5O2S2. The van der Waals surface area contributed by atoms with E-state index in [0.29, 0.717) is 5.69 Å². The van der Waals surface area contributed by atoms with E-state index in [1.165, 1.54) is 0 Å². The molecule has 2 N–H and O–H groups in total. The van der Waals surface area contributed by atoms with Crippen LogP contribution in [0.15, 0.2) is 59.5 Å². The molecule has 3 rings (SSSR count). The zero-order valence-corrected chi connectivity index (χ0v) is 17.1. The number of halogens is 6. The van der Waals surface area contributed by atoms with Crippen LogP contribution >= 0.6 is 12.2 Å². The average molecular weight is 495 g/mol. The maximum absolute atomic E-state index is 13.1. The van der Waals surface area contributed by atoms with E-state index in [2.05, 4.69) is 15.5 Å². The summed E-state index contributed by atoms with van der Waals surface area (Å²) in [6, 6.07) is 11.5. The third kappa shape index (κ3) is 5.16. The number of thiocarbonyl (C=S) groups is 1. The highest BCUT2D eigenvalue weighted by Crippen LogP contribution is 2.36. The van der Waals surface area contributed by atoms with Gasteiger partial charge >= 0.3 is 12.4 Å². The highest BCUT2D eigenvalue weighted by atomic mass is 32.2. The number of rotatable bonds is 4. The first kappa shape index (κ1) is 23.5. The number of anilines is 1. The molecule has 0 atom stereocenters. The summed E-state index contributed by atoms with van der Waals surface area (Å²) in [6.07, 6.45) is -10.5. The zero-order chi connectivity index (χ0) is 23.7. The Hall–Kier alpha value is -3.20. The van der Waals surface area contributed by atoms with Crippen LogP contribution in [-0.2, 0) is 22.4 Å². The Bertz CT molecular complexity index is 1190. The summed E-state index contributed by atoms with van der Waals surface area (Å²) >= 11 is 4.92. The van der Waals surface area contributed by atoms with Crippen molar-refractivity contribution >= 4 is 33.0 Å². The monoisotopic (exact) mass is 495 g/mol. The molecule has 3 aromatic rings. The van der Waals surface area contributed by atoms with Gasteiger partial charge in [0.2, 0.25) is 11.6 Å². The van der Waals surface area contributed by atoms with Gasteiger partial charge in [-0.25, -0.2) is 8.42 Å². The van der Waals surface area contributed by atoms with E-state index in [1.54, 1.807) is 30.3 Å². The summed E-state index contributed by atoms with van der Waals surface area (Å²) in [5.74, 6) is -3.82. The normalized spacial score (nSPS) is 12.4. The Balaban J connectivity index is 1.90. The van der Waals surface area contributed by atoms with Gasteiger partial charge in [-0.15, -0.1) is 10.2 Å². The molecule has 0 aliphatic rings. The van der Waals surface area contributed by atoms with Crippen molar-refractivity contribution in [2.24, 2.45) is 0 Å². The largest absolute Gasteiger partial charge is 0.452 e. The molecule has 0 aliphatic carbocycles. The van der Waals surface area contributed by atoms with Crippen LogP contribution in [0.25, 0.3) is 5.69 Å². The Labute approximate surface area is 182 Å². The summed E-state index contributed by atoms with van der Waals surface area (Å²) in [5, 5.41) is 7.51. The molecule has 0 aliphatic heterocycles. The smallest absolute Gasteiger partial charge is 0.332 e. The lowest BCUT2D eigenvalue weighted by Crippen LogP contribution is -2.34. The summed E-state index contributed by atoms with van der Waals surface area (Å²) in [4.78, 5) is -0.450. The zero-order valence-electron chi connectivity index (χ0n) is 15.4. The minimum absolute atomic E-state index is 0.245. The topological polar surface area (TPSA) is 88.9 Å². The molecule has 15 heteroatoms. The lowest BCUT2D eigenvalue weighted by Gasteiger charge is -2.15. The third-order valence-corrected chi connectivity index (χ3v) is 5.53. The van der Waals surface area contributed by atoms with Crippen LogP contribution in [-0.4, -0.2) is 28.3 Å². The fourth-order valence-corrected chi connectivity index (χ4v) is 3.88. The minimum atomic E-state index is -5.24. The Morgan fingerprint density at radius 2 is 1.34 bits per heavy atom. The number of hydrogen-bond donors (Lipinski definition) is 2. The number of hydrogen-bond acceptors (Lipinski definition) is 5. The van der Waals surface area contributed by atoms with Crippen molar-refractivity contribution in [3.63, 3.8) is 0 Å². The molecule has 170 valence electrons.